The molecule has 86 valence electrons. The molecule has 0 aliphatic rings. The van der Waals surface area contributed by atoms with Gasteiger partial charge in [0.05, 0.1) is 15.0 Å². The molecule has 0 saturated carbocycles. The lowest BCUT2D eigenvalue weighted by Gasteiger charge is -2.06. The van der Waals surface area contributed by atoms with Crippen molar-refractivity contribution in [1.29, 1.82) is 0 Å². The summed E-state index contributed by atoms with van der Waals surface area (Å²) in [5.74, 6) is -1.05. The minimum Gasteiger partial charge on any atom is -0.393 e. The highest BCUT2D eigenvalue weighted by Gasteiger charge is 2.12. The number of amides is 1. The summed E-state index contributed by atoms with van der Waals surface area (Å²) < 4.78 is 13.7. The molecule has 1 aromatic carbocycles. The van der Waals surface area contributed by atoms with E-state index in [-0.39, 0.29) is 10.0 Å². The van der Waals surface area contributed by atoms with Crippen LogP contribution in [0.1, 0.15) is 16.8 Å². The number of thiocarbonyl (C=S) groups is 1. The third kappa shape index (κ3) is 3.53. The lowest BCUT2D eigenvalue weighted by Crippen LogP contribution is -2.28. The Morgan fingerprint density at radius 2 is 2.25 bits per heavy atom. The van der Waals surface area contributed by atoms with Gasteiger partial charge in [-0.25, -0.2) is 4.39 Å². The van der Waals surface area contributed by atoms with Gasteiger partial charge in [-0.05, 0) is 28.1 Å². The summed E-state index contributed by atoms with van der Waals surface area (Å²) in [6, 6.07) is 4.53. The maximum Gasteiger partial charge on any atom is 0.254 e. The first kappa shape index (κ1) is 13.1. The molecule has 0 saturated heterocycles. The van der Waals surface area contributed by atoms with E-state index < -0.39 is 11.7 Å². The van der Waals surface area contributed by atoms with Crippen LogP contribution < -0.4 is 11.1 Å². The molecule has 0 atom stereocenters. The van der Waals surface area contributed by atoms with Crippen molar-refractivity contribution in [1.82, 2.24) is 5.32 Å². The van der Waals surface area contributed by atoms with E-state index in [1.807, 2.05) is 0 Å². The number of nitrogens with one attached hydrogen (secondary N) is 1. The zero-order valence-electron chi connectivity index (χ0n) is 8.30. The number of carbonyl (C=O) groups is 1. The molecular weight excluding hydrogens is 295 g/mol. The van der Waals surface area contributed by atoms with E-state index in [1.165, 1.54) is 12.1 Å². The minimum absolute atomic E-state index is 0.00249. The van der Waals surface area contributed by atoms with Gasteiger partial charge >= 0.3 is 0 Å². The van der Waals surface area contributed by atoms with E-state index in [0.29, 0.717) is 18.0 Å². The van der Waals surface area contributed by atoms with Crippen LogP contribution in [0, 0.1) is 5.82 Å². The Kier molecular flexibility index (Phi) is 4.82. The standard InChI is InChI=1S/C10H10BrFN2OS/c11-7-3-1-2-6(9(7)12)10(15)14-5-4-8(13)16/h1-3H,4-5H2,(H2,13,16)(H,14,15). The third-order valence-corrected chi connectivity index (χ3v) is 2.67. The summed E-state index contributed by atoms with van der Waals surface area (Å²) in [4.78, 5) is 11.9. The summed E-state index contributed by atoms with van der Waals surface area (Å²) in [5, 5.41) is 2.53. The smallest absolute Gasteiger partial charge is 0.254 e. The highest BCUT2D eigenvalue weighted by atomic mass is 79.9. The van der Waals surface area contributed by atoms with Gasteiger partial charge < -0.3 is 11.1 Å². The molecule has 0 spiro atoms. The van der Waals surface area contributed by atoms with Gasteiger partial charge in [-0.1, -0.05) is 18.3 Å². The van der Waals surface area contributed by atoms with Crippen LogP contribution in [-0.2, 0) is 0 Å². The van der Waals surface area contributed by atoms with Gasteiger partial charge in [0, 0.05) is 13.0 Å². The van der Waals surface area contributed by atoms with Crippen molar-refractivity contribution in [2.45, 2.75) is 6.42 Å². The van der Waals surface area contributed by atoms with E-state index in [1.54, 1.807) is 6.07 Å². The van der Waals surface area contributed by atoms with Gasteiger partial charge in [-0.3, -0.25) is 4.79 Å². The van der Waals surface area contributed by atoms with Crippen LogP contribution in [0.15, 0.2) is 22.7 Å². The predicted molar refractivity (Wildman–Crippen MR) is 67.8 cm³/mol. The molecule has 0 aliphatic carbocycles. The zero-order valence-corrected chi connectivity index (χ0v) is 10.7. The normalized spacial score (nSPS) is 9.88. The highest BCUT2D eigenvalue weighted by Crippen LogP contribution is 2.18. The van der Waals surface area contributed by atoms with Crippen LogP contribution in [0.4, 0.5) is 4.39 Å². The first-order chi connectivity index (χ1) is 7.52. The molecule has 6 heteroatoms. The lowest BCUT2D eigenvalue weighted by molar-refractivity contribution is 0.0950. The van der Waals surface area contributed by atoms with Crippen LogP contribution in [-0.4, -0.2) is 17.4 Å². The second-order valence-electron chi connectivity index (χ2n) is 3.07. The number of hydrogen-bond donors (Lipinski definition) is 2. The molecule has 1 amide bonds. The Hall–Kier alpha value is -1.01. The topological polar surface area (TPSA) is 55.1 Å². The molecule has 3 N–H and O–H groups in total. The summed E-state index contributed by atoms with van der Waals surface area (Å²) in [5.41, 5.74) is 5.27. The predicted octanol–water partition coefficient (Wildman–Crippen LogP) is 1.99. The van der Waals surface area contributed by atoms with E-state index in [2.05, 4.69) is 33.5 Å². The van der Waals surface area contributed by atoms with Crippen molar-refractivity contribution in [3.8, 4) is 0 Å². The van der Waals surface area contributed by atoms with Crippen molar-refractivity contribution in [3.63, 3.8) is 0 Å². The average Bonchev–Trinajstić information content (AvgIpc) is 2.21. The first-order valence-electron chi connectivity index (χ1n) is 4.53. The van der Waals surface area contributed by atoms with Crippen molar-refractivity contribution < 1.29 is 9.18 Å². The van der Waals surface area contributed by atoms with Crippen LogP contribution in [0.2, 0.25) is 0 Å². The van der Waals surface area contributed by atoms with Crippen molar-refractivity contribution in [2.24, 2.45) is 5.73 Å². The summed E-state index contributed by atoms with van der Waals surface area (Å²) >= 11 is 7.67. The Balaban J connectivity index is 2.66. The van der Waals surface area contributed by atoms with Gasteiger partial charge in [0.15, 0.2) is 0 Å². The zero-order chi connectivity index (χ0) is 12.1. The van der Waals surface area contributed by atoms with Gasteiger partial charge in [-0.2, -0.15) is 0 Å². The van der Waals surface area contributed by atoms with E-state index >= 15 is 0 Å². The van der Waals surface area contributed by atoms with Crippen LogP contribution >= 0.6 is 28.1 Å². The number of halogens is 2. The number of carbonyl (C=O) groups excluding carboxylic acids is 1. The number of rotatable bonds is 4. The SMILES string of the molecule is NC(=S)CCNC(=O)c1cccc(Br)c1F. The van der Waals surface area contributed by atoms with Crippen molar-refractivity contribution in [2.75, 3.05) is 6.54 Å². The fourth-order valence-electron chi connectivity index (χ4n) is 1.07. The Bertz CT molecular complexity index is 425. The molecule has 0 radical (unpaired) electrons. The summed E-state index contributed by atoms with van der Waals surface area (Å²) in [6.45, 7) is 0.306. The Labute approximate surface area is 106 Å². The van der Waals surface area contributed by atoms with E-state index in [0.717, 1.165) is 0 Å². The van der Waals surface area contributed by atoms with E-state index in [4.69, 9.17) is 5.73 Å². The number of hydrogen-bond acceptors (Lipinski definition) is 2. The summed E-state index contributed by atoms with van der Waals surface area (Å²) in [7, 11) is 0. The monoisotopic (exact) mass is 304 g/mol. The van der Waals surface area contributed by atoms with Gasteiger partial charge in [0.25, 0.3) is 5.91 Å². The van der Waals surface area contributed by atoms with Crippen LogP contribution in [0.3, 0.4) is 0 Å². The Morgan fingerprint density at radius 1 is 1.56 bits per heavy atom. The maximum absolute atomic E-state index is 13.5. The molecular formula is C10H10BrFN2OS. The van der Waals surface area contributed by atoms with Gasteiger partial charge in [0.2, 0.25) is 0 Å². The minimum atomic E-state index is -0.574. The number of nitrogens with two attached hydrogens (primary N) is 1. The fourth-order valence-corrected chi connectivity index (χ4v) is 1.54. The fraction of sp³-hybridized carbons (Fsp3) is 0.200. The van der Waals surface area contributed by atoms with Crippen molar-refractivity contribution >= 4 is 39.0 Å². The maximum atomic E-state index is 13.5. The highest BCUT2D eigenvalue weighted by molar-refractivity contribution is 9.10. The first-order valence-corrected chi connectivity index (χ1v) is 5.73. The molecule has 0 aromatic heterocycles. The average molecular weight is 305 g/mol. The van der Waals surface area contributed by atoms with Gasteiger partial charge in [-0.15, -0.1) is 0 Å². The van der Waals surface area contributed by atoms with Gasteiger partial charge in [0.1, 0.15) is 5.82 Å². The Morgan fingerprint density at radius 3 is 2.88 bits per heavy atom. The van der Waals surface area contributed by atoms with Crippen molar-refractivity contribution in [3.05, 3.63) is 34.1 Å². The third-order valence-electron chi connectivity index (χ3n) is 1.85. The van der Waals surface area contributed by atoms with Crippen LogP contribution in [0.25, 0.3) is 0 Å². The molecule has 0 fully saturated rings. The van der Waals surface area contributed by atoms with Crippen LogP contribution in [0.5, 0.6) is 0 Å². The second-order valence-corrected chi connectivity index (χ2v) is 4.45. The molecule has 1 aromatic rings. The molecule has 1 rings (SSSR count). The molecule has 3 nitrogen and oxygen atoms in total. The molecule has 0 aliphatic heterocycles. The summed E-state index contributed by atoms with van der Waals surface area (Å²) in [6.07, 6.45) is 0.399. The quantitative estimate of drug-likeness (QED) is 0.837. The second kappa shape index (κ2) is 5.91. The molecule has 16 heavy (non-hydrogen) atoms. The van der Waals surface area contributed by atoms with E-state index in [9.17, 15) is 9.18 Å². The molecule has 0 bridgehead atoms. The largest absolute Gasteiger partial charge is 0.393 e. The number of benzene rings is 1. The molecule has 0 unspecified atom stereocenters. The lowest BCUT2D eigenvalue weighted by atomic mass is 10.2. The molecule has 0 heterocycles.